The summed E-state index contributed by atoms with van der Waals surface area (Å²) in [4.78, 5) is 21.5. The highest BCUT2D eigenvalue weighted by Crippen LogP contribution is 2.19. The van der Waals surface area contributed by atoms with E-state index >= 15 is 0 Å². The normalized spacial score (nSPS) is 21.6. The molecule has 2 aliphatic heterocycles. The molecule has 1 unspecified atom stereocenters. The van der Waals surface area contributed by atoms with Crippen LogP contribution in [-0.2, 0) is 11.3 Å². The number of rotatable bonds is 6. The van der Waals surface area contributed by atoms with Crippen molar-refractivity contribution >= 4 is 0 Å². The molecule has 4 rings (SSSR count). The number of pyridine rings is 1. The molecule has 2 saturated heterocycles. The number of ether oxygens (including phenoxy) is 1. The maximum atomic E-state index is 12.3. The quantitative estimate of drug-likeness (QED) is 0.760. The zero-order valence-electron chi connectivity index (χ0n) is 15.7. The molecule has 2 aliphatic rings. The molecule has 0 saturated carbocycles. The fourth-order valence-corrected chi connectivity index (χ4v) is 3.94. The molecule has 0 aromatic carbocycles. The zero-order chi connectivity index (χ0) is 18.5. The van der Waals surface area contributed by atoms with Crippen molar-refractivity contribution in [2.24, 2.45) is 0 Å². The van der Waals surface area contributed by atoms with Crippen LogP contribution in [0.2, 0.25) is 0 Å². The Balaban J connectivity index is 1.42. The molecule has 0 amide bonds. The van der Waals surface area contributed by atoms with Gasteiger partial charge < -0.3 is 4.74 Å². The van der Waals surface area contributed by atoms with Crippen molar-refractivity contribution in [1.82, 2.24) is 24.6 Å². The Morgan fingerprint density at radius 3 is 2.81 bits per heavy atom. The molecule has 1 atom stereocenters. The average Bonchev–Trinajstić information content (AvgIpc) is 3.16. The van der Waals surface area contributed by atoms with E-state index in [1.165, 1.54) is 6.42 Å². The van der Waals surface area contributed by atoms with E-state index in [0.717, 1.165) is 63.6 Å². The van der Waals surface area contributed by atoms with Crippen molar-refractivity contribution < 1.29 is 4.74 Å². The highest BCUT2D eigenvalue weighted by molar-refractivity contribution is 5.56. The molecular formula is C20H27N5O2. The van der Waals surface area contributed by atoms with E-state index < -0.39 is 0 Å². The zero-order valence-corrected chi connectivity index (χ0v) is 15.7. The Morgan fingerprint density at radius 1 is 1.11 bits per heavy atom. The first-order valence-electron chi connectivity index (χ1n) is 9.82. The summed E-state index contributed by atoms with van der Waals surface area (Å²) in [5.74, 6) is 0. The van der Waals surface area contributed by atoms with Crippen LogP contribution in [0.3, 0.4) is 0 Å². The first-order chi connectivity index (χ1) is 13.3. The lowest BCUT2D eigenvalue weighted by atomic mass is 10.2. The summed E-state index contributed by atoms with van der Waals surface area (Å²) in [7, 11) is 0. The molecule has 0 N–H and O–H groups in total. The minimum absolute atomic E-state index is 0.0392. The lowest BCUT2D eigenvalue weighted by Gasteiger charge is -2.30. The lowest BCUT2D eigenvalue weighted by Crippen LogP contribution is -2.44. The third-order valence-electron chi connectivity index (χ3n) is 5.51. The van der Waals surface area contributed by atoms with Crippen LogP contribution in [-0.4, -0.2) is 76.5 Å². The van der Waals surface area contributed by atoms with E-state index in [4.69, 9.17) is 4.74 Å². The number of hydrogen-bond donors (Lipinski definition) is 0. The molecule has 4 heterocycles. The number of morpholine rings is 1. The van der Waals surface area contributed by atoms with E-state index in [2.05, 4.69) is 19.9 Å². The van der Waals surface area contributed by atoms with Crippen molar-refractivity contribution in [1.29, 1.82) is 0 Å². The van der Waals surface area contributed by atoms with Gasteiger partial charge in [0.1, 0.15) is 0 Å². The van der Waals surface area contributed by atoms with E-state index in [0.29, 0.717) is 12.6 Å². The molecule has 0 spiro atoms. The third kappa shape index (κ3) is 4.61. The van der Waals surface area contributed by atoms with Crippen molar-refractivity contribution in [3.8, 4) is 11.3 Å². The van der Waals surface area contributed by atoms with Gasteiger partial charge in [0.2, 0.25) is 0 Å². The molecule has 0 radical (unpaired) electrons. The maximum absolute atomic E-state index is 12.3. The van der Waals surface area contributed by atoms with Crippen molar-refractivity contribution in [2.75, 3.05) is 45.9 Å². The van der Waals surface area contributed by atoms with Crippen LogP contribution in [0.1, 0.15) is 12.8 Å². The lowest BCUT2D eigenvalue weighted by molar-refractivity contribution is 0.0322. The van der Waals surface area contributed by atoms with Crippen LogP contribution in [0.25, 0.3) is 11.3 Å². The van der Waals surface area contributed by atoms with Gasteiger partial charge in [0.15, 0.2) is 0 Å². The summed E-state index contributed by atoms with van der Waals surface area (Å²) in [5.41, 5.74) is 1.69. The van der Waals surface area contributed by atoms with E-state index in [1.54, 1.807) is 29.2 Å². The Morgan fingerprint density at radius 2 is 2.00 bits per heavy atom. The maximum Gasteiger partial charge on any atom is 0.266 e. The van der Waals surface area contributed by atoms with Gasteiger partial charge in [-0.25, -0.2) is 4.68 Å². The highest BCUT2D eigenvalue weighted by atomic mass is 16.5. The van der Waals surface area contributed by atoms with Gasteiger partial charge in [0.25, 0.3) is 5.56 Å². The standard InChI is InChI=1S/C20H27N5O2/c26-20-6-5-19(17-3-1-7-21-15-17)22-25(20)16-18-4-2-8-24(18)10-9-23-11-13-27-14-12-23/h1,3,5-7,15,18H,2,4,8-14,16H2. The van der Waals surface area contributed by atoms with Crippen molar-refractivity contribution in [2.45, 2.75) is 25.4 Å². The smallest absolute Gasteiger partial charge is 0.266 e. The molecule has 2 aromatic heterocycles. The fraction of sp³-hybridized carbons (Fsp3) is 0.550. The number of aromatic nitrogens is 3. The van der Waals surface area contributed by atoms with Crippen LogP contribution >= 0.6 is 0 Å². The van der Waals surface area contributed by atoms with Crippen molar-refractivity contribution in [3.63, 3.8) is 0 Å². The summed E-state index contributed by atoms with van der Waals surface area (Å²) in [5, 5.41) is 4.60. The average molecular weight is 369 g/mol. The van der Waals surface area contributed by atoms with Crippen LogP contribution in [0.15, 0.2) is 41.5 Å². The predicted octanol–water partition coefficient (Wildman–Crippen LogP) is 1.10. The first-order valence-corrected chi connectivity index (χ1v) is 9.82. The van der Waals surface area contributed by atoms with Crippen LogP contribution in [0, 0.1) is 0 Å². The summed E-state index contributed by atoms with van der Waals surface area (Å²) in [6, 6.07) is 7.62. The highest BCUT2D eigenvalue weighted by Gasteiger charge is 2.26. The fourth-order valence-electron chi connectivity index (χ4n) is 3.94. The molecule has 27 heavy (non-hydrogen) atoms. The molecule has 7 nitrogen and oxygen atoms in total. The SMILES string of the molecule is O=c1ccc(-c2cccnc2)nn1CC1CCCN1CCN1CCOCC1. The van der Waals surface area contributed by atoms with Gasteiger partial charge in [-0.3, -0.25) is 19.6 Å². The van der Waals surface area contributed by atoms with Gasteiger partial charge in [0.05, 0.1) is 25.5 Å². The van der Waals surface area contributed by atoms with E-state index in [-0.39, 0.29) is 5.56 Å². The summed E-state index contributed by atoms with van der Waals surface area (Å²) in [6.45, 7) is 7.58. The molecule has 0 aliphatic carbocycles. The van der Waals surface area contributed by atoms with Crippen LogP contribution in [0.5, 0.6) is 0 Å². The minimum Gasteiger partial charge on any atom is -0.379 e. The van der Waals surface area contributed by atoms with Gasteiger partial charge in [0, 0.05) is 56.2 Å². The van der Waals surface area contributed by atoms with Gasteiger partial charge in [-0.1, -0.05) is 0 Å². The van der Waals surface area contributed by atoms with Crippen LogP contribution < -0.4 is 5.56 Å². The second kappa shape index (κ2) is 8.73. The molecular weight excluding hydrogens is 342 g/mol. The number of likely N-dealkylation sites (tertiary alicyclic amines) is 1. The van der Waals surface area contributed by atoms with Crippen molar-refractivity contribution in [3.05, 3.63) is 47.0 Å². The van der Waals surface area contributed by atoms with E-state index in [1.807, 2.05) is 12.1 Å². The Hall–Kier alpha value is -2.09. The van der Waals surface area contributed by atoms with Gasteiger partial charge in [-0.05, 0) is 37.6 Å². The number of hydrogen-bond acceptors (Lipinski definition) is 6. The second-order valence-corrected chi connectivity index (χ2v) is 7.27. The number of nitrogens with zero attached hydrogens (tertiary/aromatic N) is 5. The third-order valence-corrected chi connectivity index (χ3v) is 5.51. The summed E-state index contributed by atoms with van der Waals surface area (Å²) >= 11 is 0. The Kier molecular flexibility index (Phi) is 5.91. The minimum atomic E-state index is -0.0392. The van der Waals surface area contributed by atoms with Crippen LogP contribution in [0.4, 0.5) is 0 Å². The molecule has 144 valence electrons. The summed E-state index contributed by atoms with van der Waals surface area (Å²) < 4.78 is 7.05. The van der Waals surface area contributed by atoms with Gasteiger partial charge in [-0.15, -0.1) is 0 Å². The molecule has 2 aromatic rings. The first kappa shape index (κ1) is 18.3. The monoisotopic (exact) mass is 369 g/mol. The summed E-state index contributed by atoms with van der Waals surface area (Å²) in [6.07, 6.45) is 5.82. The Labute approximate surface area is 159 Å². The van der Waals surface area contributed by atoms with Gasteiger partial charge in [-0.2, -0.15) is 5.10 Å². The predicted molar refractivity (Wildman–Crippen MR) is 104 cm³/mol. The second-order valence-electron chi connectivity index (χ2n) is 7.27. The van der Waals surface area contributed by atoms with Gasteiger partial charge >= 0.3 is 0 Å². The topological polar surface area (TPSA) is 63.5 Å². The van der Waals surface area contributed by atoms with E-state index in [9.17, 15) is 4.79 Å². The molecule has 7 heteroatoms. The largest absolute Gasteiger partial charge is 0.379 e. The molecule has 0 bridgehead atoms. The molecule has 2 fully saturated rings. The Bertz CT molecular complexity index is 788.